The zero-order valence-electron chi connectivity index (χ0n) is 7.32. The van der Waals surface area contributed by atoms with Crippen molar-refractivity contribution in [3.05, 3.63) is 22.8 Å². The Bertz CT molecular complexity index is 170. The van der Waals surface area contributed by atoms with Crippen molar-refractivity contribution in [1.29, 1.82) is 0 Å². The quantitative estimate of drug-likeness (QED) is 0.375. The van der Waals surface area contributed by atoms with Gasteiger partial charge >= 0.3 is 0 Å². The molecule has 12 heavy (non-hydrogen) atoms. The number of hydrogen-bond acceptors (Lipinski definition) is 3. The van der Waals surface area contributed by atoms with E-state index in [-0.39, 0.29) is 0 Å². The summed E-state index contributed by atoms with van der Waals surface area (Å²) in [6, 6.07) is 0. The fourth-order valence-electron chi connectivity index (χ4n) is 0.952. The van der Waals surface area contributed by atoms with E-state index in [4.69, 9.17) is 5.11 Å². The predicted octanol–water partition coefficient (Wildman–Crippen LogP) is 1.37. The van der Waals surface area contributed by atoms with E-state index in [9.17, 15) is 10.1 Å². The number of unbranched alkanes of at least 4 members (excludes halogenated alkanes) is 1. The summed E-state index contributed by atoms with van der Waals surface area (Å²) >= 11 is 0. The second-order valence-electron chi connectivity index (χ2n) is 2.83. The number of aliphatic hydroxyl groups excluding tert-OH is 1. The number of nitro groups is 1. The molecule has 0 amide bonds. The highest BCUT2D eigenvalue weighted by molar-refractivity contribution is 4.95. The average molecular weight is 173 g/mol. The highest BCUT2D eigenvalue weighted by Gasteiger charge is 2.37. The van der Waals surface area contributed by atoms with E-state index < -0.39 is 17.1 Å². The SMILES string of the molecule is C=CC(CO)(CCCC)[N+](=O)[O-]. The Labute approximate surface area is 72.1 Å². The summed E-state index contributed by atoms with van der Waals surface area (Å²) in [5.74, 6) is 0. The molecule has 4 nitrogen and oxygen atoms in total. The summed E-state index contributed by atoms with van der Waals surface area (Å²) < 4.78 is 0. The van der Waals surface area contributed by atoms with E-state index in [1.807, 2.05) is 6.92 Å². The van der Waals surface area contributed by atoms with Crippen molar-refractivity contribution in [2.75, 3.05) is 6.61 Å². The minimum Gasteiger partial charge on any atom is -0.389 e. The van der Waals surface area contributed by atoms with Crippen molar-refractivity contribution in [1.82, 2.24) is 0 Å². The maximum absolute atomic E-state index is 10.6. The zero-order chi connectivity index (χ0) is 9.61. The van der Waals surface area contributed by atoms with Gasteiger partial charge in [-0.3, -0.25) is 10.1 Å². The first kappa shape index (κ1) is 11.1. The van der Waals surface area contributed by atoms with E-state index in [1.165, 1.54) is 6.08 Å². The Morgan fingerprint density at radius 2 is 2.33 bits per heavy atom. The average Bonchev–Trinajstić information content (AvgIpc) is 2.07. The van der Waals surface area contributed by atoms with Crippen LogP contribution in [0.4, 0.5) is 0 Å². The lowest BCUT2D eigenvalue weighted by molar-refractivity contribution is -0.559. The summed E-state index contributed by atoms with van der Waals surface area (Å²) in [6.45, 7) is 4.86. The molecule has 0 bridgehead atoms. The molecule has 4 heteroatoms. The highest BCUT2D eigenvalue weighted by atomic mass is 16.6. The lowest BCUT2D eigenvalue weighted by Crippen LogP contribution is -2.39. The molecule has 0 saturated carbocycles. The molecule has 1 N–H and O–H groups in total. The van der Waals surface area contributed by atoms with Crippen LogP contribution in [0.2, 0.25) is 0 Å². The first-order valence-electron chi connectivity index (χ1n) is 4.02. The van der Waals surface area contributed by atoms with Crippen molar-refractivity contribution in [2.45, 2.75) is 31.7 Å². The van der Waals surface area contributed by atoms with E-state index in [0.717, 1.165) is 12.8 Å². The van der Waals surface area contributed by atoms with Crippen molar-refractivity contribution < 1.29 is 10.0 Å². The van der Waals surface area contributed by atoms with Crippen LogP contribution in [0, 0.1) is 10.1 Å². The van der Waals surface area contributed by atoms with Gasteiger partial charge in [0.2, 0.25) is 0 Å². The second kappa shape index (κ2) is 4.87. The van der Waals surface area contributed by atoms with Crippen molar-refractivity contribution in [3.63, 3.8) is 0 Å². The van der Waals surface area contributed by atoms with Gasteiger partial charge in [0.1, 0.15) is 6.61 Å². The molecule has 0 spiro atoms. The Morgan fingerprint density at radius 3 is 2.58 bits per heavy atom. The molecule has 0 fully saturated rings. The largest absolute Gasteiger partial charge is 0.389 e. The number of rotatable bonds is 6. The Balaban J connectivity index is 4.35. The lowest BCUT2D eigenvalue weighted by atomic mass is 9.95. The van der Waals surface area contributed by atoms with Crippen molar-refractivity contribution in [2.24, 2.45) is 0 Å². The van der Waals surface area contributed by atoms with Gasteiger partial charge in [0.05, 0.1) is 0 Å². The lowest BCUT2D eigenvalue weighted by Gasteiger charge is -2.18. The summed E-state index contributed by atoms with van der Waals surface area (Å²) in [4.78, 5) is 10.1. The summed E-state index contributed by atoms with van der Waals surface area (Å²) in [6.07, 6.45) is 3.19. The third-order valence-corrected chi connectivity index (χ3v) is 1.98. The number of hydrogen-bond donors (Lipinski definition) is 1. The monoisotopic (exact) mass is 173 g/mol. The van der Waals surface area contributed by atoms with E-state index >= 15 is 0 Å². The first-order valence-corrected chi connectivity index (χ1v) is 4.02. The van der Waals surface area contributed by atoms with Crippen LogP contribution in [0.1, 0.15) is 26.2 Å². The van der Waals surface area contributed by atoms with Crippen LogP contribution in [0.15, 0.2) is 12.7 Å². The van der Waals surface area contributed by atoms with Crippen LogP contribution in [0.5, 0.6) is 0 Å². The Hall–Kier alpha value is -0.900. The molecule has 1 unspecified atom stereocenters. The van der Waals surface area contributed by atoms with Gasteiger partial charge in [-0.2, -0.15) is 0 Å². The van der Waals surface area contributed by atoms with Gasteiger partial charge in [-0.25, -0.2) is 0 Å². The number of nitrogens with zero attached hydrogens (tertiary/aromatic N) is 1. The molecule has 0 aliphatic carbocycles. The Morgan fingerprint density at radius 1 is 1.75 bits per heavy atom. The van der Waals surface area contributed by atoms with E-state index in [1.54, 1.807) is 0 Å². The zero-order valence-corrected chi connectivity index (χ0v) is 7.32. The molecule has 0 rings (SSSR count). The van der Waals surface area contributed by atoms with Gasteiger partial charge in [-0.1, -0.05) is 19.9 Å². The third kappa shape index (κ3) is 2.30. The molecule has 0 saturated heterocycles. The summed E-state index contributed by atoms with van der Waals surface area (Å²) in [7, 11) is 0. The molecule has 0 aromatic carbocycles. The smallest absolute Gasteiger partial charge is 0.262 e. The van der Waals surface area contributed by atoms with Gasteiger partial charge in [0.25, 0.3) is 5.54 Å². The molecule has 70 valence electrons. The standard InChI is InChI=1S/C8H15NO3/c1-3-5-6-8(4-2,7-10)9(11)12/h4,10H,2-3,5-7H2,1H3. The fraction of sp³-hybridized carbons (Fsp3) is 0.750. The van der Waals surface area contributed by atoms with E-state index in [2.05, 4.69) is 6.58 Å². The topological polar surface area (TPSA) is 63.4 Å². The molecule has 1 atom stereocenters. The molecule has 0 aliphatic heterocycles. The Kier molecular flexibility index (Phi) is 4.51. The maximum atomic E-state index is 10.6. The fourth-order valence-corrected chi connectivity index (χ4v) is 0.952. The summed E-state index contributed by atoms with van der Waals surface area (Å²) in [5, 5.41) is 19.4. The van der Waals surface area contributed by atoms with Gasteiger partial charge in [0.15, 0.2) is 0 Å². The van der Waals surface area contributed by atoms with Crippen molar-refractivity contribution >= 4 is 0 Å². The van der Waals surface area contributed by atoms with Gasteiger partial charge in [-0.05, 0) is 12.5 Å². The maximum Gasteiger partial charge on any atom is 0.262 e. The third-order valence-electron chi connectivity index (χ3n) is 1.98. The predicted molar refractivity (Wildman–Crippen MR) is 46.5 cm³/mol. The normalized spacial score (nSPS) is 15.2. The molecule has 0 aromatic rings. The minimum absolute atomic E-state index is 0.358. The minimum atomic E-state index is -1.32. The van der Waals surface area contributed by atoms with Crippen LogP contribution in [0.25, 0.3) is 0 Å². The molecule has 0 aliphatic rings. The molecule has 0 aromatic heterocycles. The first-order chi connectivity index (χ1) is 5.63. The summed E-state index contributed by atoms with van der Waals surface area (Å²) in [5.41, 5.74) is -1.32. The van der Waals surface area contributed by atoms with Crippen LogP contribution in [-0.2, 0) is 0 Å². The van der Waals surface area contributed by atoms with Gasteiger partial charge in [0, 0.05) is 11.3 Å². The highest BCUT2D eigenvalue weighted by Crippen LogP contribution is 2.18. The van der Waals surface area contributed by atoms with Crippen LogP contribution >= 0.6 is 0 Å². The van der Waals surface area contributed by atoms with Gasteiger partial charge in [-0.15, -0.1) is 0 Å². The molecular formula is C8H15NO3. The second-order valence-corrected chi connectivity index (χ2v) is 2.83. The molecule has 0 radical (unpaired) electrons. The van der Waals surface area contributed by atoms with Crippen LogP contribution < -0.4 is 0 Å². The molecule has 0 heterocycles. The van der Waals surface area contributed by atoms with Crippen LogP contribution in [0.3, 0.4) is 0 Å². The van der Waals surface area contributed by atoms with E-state index in [0.29, 0.717) is 6.42 Å². The number of aliphatic hydroxyl groups is 1. The van der Waals surface area contributed by atoms with Crippen molar-refractivity contribution in [3.8, 4) is 0 Å². The van der Waals surface area contributed by atoms with Crippen LogP contribution in [-0.4, -0.2) is 22.2 Å². The molecular weight excluding hydrogens is 158 g/mol. The van der Waals surface area contributed by atoms with Gasteiger partial charge < -0.3 is 5.11 Å².